The van der Waals surface area contributed by atoms with Crippen LogP contribution in [0.25, 0.3) is 0 Å². The fraction of sp³-hybridized carbons (Fsp3) is 0.263. The molecule has 1 aliphatic rings. The molecule has 0 saturated carbocycles. The van der Waals surface area contributed by atoms with Gasteiger partial charge in [0, 0.05) is 0 Å². The van der Waals surface area contributed by atoms with Crippen molar-refractivity contribution in [3.8, 4) is 5.75 Å². The van der Waals surface area contributed by atoms with E-state index in [0.29, 0.717) is 12.2 Å². The second-order valence-corrected chi connectivity index (χ2v) is 7.98. The van der Waals surface area contributed by atoms with Gasteiger partial charge in [0.25, 0.3) is 15.9 Å². The normalized spacial score (nSPS) is 16.1. The van der Waals surface area contributed by atoms with Crippen LogP contribution in [-0.4, -0.2) is 26.3 Å². The Morgan fingerprint density at radius 2 is 1.96 bits per heavy atom. The van der Waals surface area contributed by atoms with Gasteiger partial charge >= 0.3 is 0 Å². The minimum atomic E-state index is -4.07. The average Bonchev–Trinajstić information content (AvgIpc) is 2.62. The Morgan fingerprint density at radius 1 is 1.22 bits per heavy atom. The highest BCUT2D eigenvalue weighted by atomic mass is 32.2. The van der Waals surface area contributed by atoms with Gasteiger partial charge in [-0.05, 0) is 42.7 Å². The lowest BCUT2D eigenvalue weighted by Gasteiger charge is -2.25. The van der Waals surface area contributed by atoms with Crippen molar-refractivity contribution >= 4 is 27.5 Å². The van der Waals surface area contributed by atoms with Crippen molar-refractivity contribution in [2.75, 3.05) is 5.32 Å². The fourth-order valence-electron chi connectivity index (χ4n) is 2.79. The zero-order chi connectivity index (χ0) is 19.6. The molecule has 2 aromatic rings. The summed E-state index contributed by atoms with van der Waals surface area (Å²) in [7, 11) is -4.07. The molecule has 1 heterocycles. The van der Waals surface area contributed by atoms with E-state index < -0.39 is 22.0 Å². The summed E-state index contributed by atoms with van der Waals surface area (Å²) in [5.41, 5.74) is 1.92. The molecule has 7 nitrogen and oxygen atoms in total. The van der Waals surface area contributed by atoms with E-state index in [0.717, 1.165) is 11.1 Å². The van der Waals surface area contributed by atoms with E-state index in [-0.39, 0.29) is 22.9 Å². The number of nitrogens with one attached hydrogen (secondary N) is 2. The minimum Gasteiger partial charge on any atom is -0.478 e. The van der Waals surface area contributed by atoms with Crippen LogP contribution in [0.1, 0.15) is 24.5 Å². The van der Waals surface area contributed by atoms with Gasteiger partial charge in [-0.1, -0.05) is 31.2 Å². The van der Waals surface area contributed by atoms with Gasteiger partial charge in [0.05, 0.1) is 17.0 Å². The van der Waals surface area contributed by atoms with Crippen LogP contribution in [-0.2, 0) is 26.0 Å². The van der Waals surface area contributed by atoms with E-state index in [1.807, 2.05) is 26.0 Å². The first-order chi connectivity index (χ1) is 12.8. The number of anilines is 1. The Bertz CT molecular complexity index is 1000. The first-order valence-corrected chi connectivity index (χ1v) is 10.00. The van der Waals surface area contributed by atoms with Crippen molar-refractivity contribution in [2.45, 2.75) is 37.7 Å². The van der Waals surface area contributed by atoms with Crippen LogP contribution in [0.5, 0.6) is 5.75 Å². The summed E-state index contributed by atoms with van der Waals surface area (Å²) in [4.78, 5) is 24.0. The minimum absolute atomic E-state index is 0.0468. The molecule has 3 rings (SSSR count). The van der Waals surface area contributed by atoms with Gasteiger partial charge in [-0.15, -0.1) is 0 Å². The van der Waals surface area contributed by atoms with E-state index in [4.69, 9.17) is 4.74 Å². The molecule has 1 aliphatic heterocycles. The Hall–Kier alpha value is -2.87. The lowest BCUT2D eigenvalue weighted by atomic mass is 10.1. The average molecular weight is 388 g/mol. The molecule has 27 heavy (non-hydrogen) atoms. The largest absolute Gasteiger partial charge is 0.478 e. The number of rotatable bonds is 5. The molecule has 0 saturated heterocycles. The van der Waals surface area contributed by atoms with E-state index in [2.05, 4.69) is 10.0 Å². The van der Waals surface area contributed by atoms with E-state index in [1.165, 1.54) is 18.2 Å². The lowest BCUT2D eigenvalue weighted by molar-refractivity contribution is -0.123. The van der Waals surface area contributed by atoms with Crippen molar-refractivity contribution in [2.24, 2.45) is 0 Å². The zero-order valence-corrected chi connectivity index (χ0v) is 15.8. The molecule has 0 unspecified atom stereocenters. The summed E-state index contributed by atoms with van der Waals surface area (Å²) in [5, 5.41) is 2.63. The smallest absolute Gasteiger partial charge is 0.265 e. The van der Waals surface area contributed by atoms with Crippen LogP contribution in [0, 0.1) is 6.92 Å². The van der Waals surface area contributed by atoms with Crippen LogP contribution in [0.4, 0.5) is 5.69 Å². The number of sulfonamides is 1. The second-order valence-electron chi connectivity index (χ2n) is 6.29. The number of carbonyl (C=O) groups is 2. The molecule has 2 amide bonds. The van der Waals surface area contributed by atoms with Crippen molar-refractivity contribution in [3.63, 3.8) is 0 Å². The standard InChI is InChI=1S/C19H20N2O5S/c1-3-16-19(23)20-15-11-14(8-9-17(15)26-16)27(24,25)21-18(22)10-13-7-5-4-6-12(13)2/h4-9,11,16H,3,10H2,1-2H3,(H,20,23)(H,21,22)/t16-/m1/s1. The quantitative estimate of drug-likeness (QED) is 0.817. The molecule has 0 aliphatic carbocycles. The Balaban J connectivity index is 1.77. The molecule has 0 fully saturated rings. The third-order valence-corrected chi connectivity index (χ3v) is 5.68. The molecule has 2 N–H and O–H groups in total. The Kier molecular flexibility index (Phi) is 5.18. The van der Waals surface area contributed by atoms with Gasteiger partial charge in [0.1, 0.15) is 5.75 Å². The maximum Gasteiger partial charge on any atom is 0.265 e. The van der Waals surface area contributed by atoms with E-state index in [9.17, 15) is 18.0 Å². The number of hydrogen-bond donors (Lipinski definition) is 2. The van der Waals surface area contributed by atoms with Gasteiger partial charge in [-0.2, -0.15) is 0 Å². The predicted octanol–water partition coefficient (Wildman–Crippen LogP) is 2.15. The van der Waals surface area contributed by atoms with E-state index in [1.54, 1.807) is 12.1 Å². The van der Waals surface area contributed by atoms with Crippen LogP contribution >= 0.6 is 0 Å². The number of hydrogen-bond acceptors (Lipinski definition) is 5. The molecule has 142 valence electrons. The van der Waals surface area contributed by atoms with Crippen molar-refractivity contribution in [3.05, 3.63) is 53.6 Å². The van der Waals surface area contributed by atoms with Crippen molar-refractivity contribution in [1.82, 2.24) is 4.72 Å². The summed E-state index contributed by atoms with van der Waals surface area (Å²) in [6.07, 6.45) is -0.149. The molecule has 0 bridgehead atoms. The highest BCUT2D eigenvalue weighted by Gasteiger charge is 2.28. The molecule has 0 aromatic heterocycles. The summed E-state index contributed by atoms with van der Waals surface area (Å²) < 4.78 is 32.6. The zero-order valence-electron chi connectivity index (χ0n) is 15.0. The van der Waals surface area contributed by atoms with Crippen molar-refractivity contribution in [1.29, 1.82) is 0 Å². The van der Waals surface area contributed by atoms with E-state index >= 15 is 0 Å². The van der Waals surface area contributed by atoms with Crippen LogP contribution in [0.15, 0.2) is 47.4 Å². The van der Waals surface area contributed by atoms with Gasteiger partial charge < -0.3 is 10.1 Å². The first-order valence-electron chi connectivity index (χ1n) is 8.52. The SMILES string of the molecule is CC[C@H]1Oc2ccc(S(=O)(=O)NC(=O)Cc3ccccc3C)cc2NC1=O. The molecular weight excluding hydrogens is 368 g/mol. The Labute approximate surface area is 157 Å². The number of aryl methyl sites for hydroxylation is 1. The van der Waals surface area contributed by atoms with Crippen LogP contribution < -0.4 is 14.8 Å². The third kappa shape index (κ3) is 4.11. The number of carbonyl (C=O) groups excluding carboxylic acids is 2. The van der Waals surface area contributed by atoms with Gasteiger partial charge in [0.15, 0.2) is 6.10 Å². The monoisotopic (exact) mass is 388 g/mol. The maximum absolute atomic E-state index is 12.5. The predicted molar refractivity (Wildman–Crippen MR) is 100.0 cm³/mol. The summed E-state index contributed by atoms with van der Waals surface area (Å²) >= 11 is 0. The van der Waals surface area contributed by atoms with Gasteiger partial charge in [-0.25, -0.2) is 13.1 Å². The second kappa shape index (κ2) is 7.40. The molecule has 1 atom stereocenters. The summed E-state index contributed by atoms with van der Waals surface area (Å²) in [5.74, 6) is -0.567. The fourth-order valence-corrected chi connectivity index (χ4v) is 3.80. The number of benzene rings is 2. The highest BCUT2D eigenvalue weighted by molar-refractivity contribution is 7.90. The summed E-state index contributed by atoms with van der Waals surface area (Å²) in [6.45, 7) is 3.67. The van der Waals surface area contributed by atoms with Crippen LogP contribution in [0.3, 0.4) is 0 Å². The maximum atomic E-state index is 12.5. The molecule has 8 heteroatoms. The summed E-state index contributed by atoms with van der Waals surface area (Å²) in [6, 6.07) is 11.4. The molecule has 0 radical (unpaired) electrons. The number of amides is 2. The highest BCUT2D eigenvalue weighted by Crippen LogP contribution is 2.32. The first kappa shape index (κ1) is 18.9. The van der Waals surface area contributed by atoms with Crippen molar-refractivity contribution < 1.29 is 22.7 Å². The molecular formula is C19H20N2O5S. The topological polar surface area (TPSA) is 102 Å². The van der Waals surface area contributed by atoms with Gasteiger partial charge in [-0.3, -0.25) is 9.59 Å². The molecule has 0 spiro atoms. The van der Waals surface area contributed by atoms with Gasteiger partial charge in [0.2, 0.25) is 5.91 Å². The van der Waals surface area contributed by atoms with Crippen LogP contribution in [0.2, 0.25) is 0 Å². The number of fused-ring (bicyclic) bond motifs is 1. The Morgan fingerprint density at radius 3 is 2.67 bits per heavy atom. The lowest BCUT2D eigenvalue weighted by Crippen LogP contribution is -2.36. The number of ether oxygens (including phenoxy) is 1. The third-order valence-electron chi connectivity index (χ3n) is 4.31. The molecule has 2 aromatic carbocycles.